The lowest BCUT2D eigenvalue weighted by Gasteiger charge is -2.29. The highest BCUT2D eigenvalue weighted by molar-refractivity contribution is 7.14. The molecule has 0 bridgehead atoms. The Kier molecular flexibility index (Phi) is 3.87. The van der Waals surface area contributed by atoms with Crippen molar-refractivity contribution in [3.8, 4) is 0 Å². The molecule has 110 valence electrons. The summed E-state index contributed by atoms with van der Waals surface area (Å²) < 4.78 is 0. The van der Waals surface area contributed by atoms with Gasteiger partial charge in [-0.25, -0.2) is 0 Å². The number of aliphatic hydroxyl groups excluding tert-OH is 1. The second-order valence-electron chi connectivity index (χ2n) is 6.50. The molecule has 0 spiro atoms. The molecular formula is C16H23NO2S. The van der Waals surface area contributed by atoms with E-state index >= 15 is 0 Å². The molecule has 1 amide bonds. The number of hydrogen-bond acceptors (Lipinski definition) is 3. The fourth-order valence-corrected chi connectivity index (χ4v) is 4.66. The number of carbonyl (C=O) groups is 1. The largest absolute Gasteiger partial charge is 0.396 e. The number of carbonyl (C=O) groups excluding carboxylic acids is 1. The molecule has 1 fully saturated rings. The minimum Gasteiger partial charge on any atom is -0.396 e. The van der Waals surface area contributed by atoms with E-state index in [-0.39, 0.29) is 24.0 Å². The number of thiophene rings is 1. The smallest absolute Gasteiger partial charge is 0.261 e. The van der Waals surface area contributed by atoms with Crippen LogP contribution < -0.4 is 5.32 Å². The molecule has 3 nitrogen and oxygen atoms in total. The van der Waals surface area contributed by atoms with E-state index in [2.05, 4.69) is 18.3 Å². The lowest BCUT2D eigenvalue weighted by Crippen LogP contribution is -2.44. The SMILES string of the molecule is CC1(CO)CCCC1NC(=O)c1cc2c(s1)CCCC2. The van der Waals surface area contributed by atoms with Crippen molar-refractivity contribution in [2.45, 2.75) is 57.9 Å². The van der Waals surface area contributed by atoms with Crippen LogP contribution in [0, 0.1) is 5.41 Å². The Balaban J connectivity index is 1.71. The highest BCUT2D eigenvalue weighted by atomic mass is 32.1. The zero-order valence-corrected chi connectivity index (χ0v) is 12.9. The van der Waals surface area contributed by atoms with Gasteiger partial charge in [0.2, 0.25) is 0 Å². The standard InChI is InChI=1S/C16H23NO2S/c1-16(10-18)8-4-7-14(16)17-15(19)13-9-11-5-2-3-6-12(11)20-13/h9,14,18H,2-8,10H2,1H3,(H,17,19). The van der Waals surface area contributed by atoms with Crippen LogP contribution in [0.15, 0.2) is 6.07 Å². The molecule has 1 heterocycles. The van der Waals surface area contributed by atoms with E-state index in [1.807, 2.05) is 0 Å². The molecule has 0 aromatic carbocycles. The molecule has 2 N–H and O–H groups in total. The summed E-state index contributed by atoms with van der Waals surface area (Å²) in [4.78, 5) is 14.7. The number of aryl methyl sites for hydroxylation is 2. The molecule has 2 unspecified atom stereocenters. The maximum atomic E-state index is 12.4. The van der Waals surface area contributed by atoms with Gasteiger partial charge in [0.15, 0.2) is 0 Å². The average molecular weight is 293 g/mol. The fraction of sp³-hybridized carbons (Fsp3) is 0.688. The van der Waals surface area contributed by atoms with Crippen molar-refractivity contribution in [2.75, 3.05) is 6.61 Å². The summed E-state index contributed by atoms with van der Waals surface area (Å²) in [6.07, 6.45) is 7.81. The Hall–Kier alpha value is -0.870. The molecule has 2 atom stereocenters. The van der Waals surface area contributed by atoms with Crippen molar-refractivity contribution < 1.29 is 9.90 Å². The van der Waals surface area contributed by atoms with Gasteiger partial charge in [-0.3, -0.25) is 4.79 Å². The summed E-state index contributed by atoms with van der Waals surface area (Å²) in [6.45, 7) is 2.23. The maximum absolute atomic E-state index is 12.4. The van der Waals surface area contributed by atoms with E-state index in [0.717, 1.165) is 37.0 Å². The summed E-state index contributed by atoms with van der Waals surface area (Å²) in [5.41, 5.74) is 1.23. The van der Waals surface area contributed by atoms with Gasteiger partial charge >= 0.3 is 0 Å². The Bertz CT molecular complexity index is 487. The summed E-state index contributed by atoms with van der Waals surface area (Å²) in [6, 6.07) is 2.19. The number of aliphatic hydroxyl groups is 1. The monoisotopic (exact) mass is 293 g/mol. The summed E-state index contributed by atoms with van der Waals surface area (Å²) >= 11 is 1.66. The van der Waals surface area contributed by atoms with Crippen molar-refractivity contribution in [3.63, 3.8) is 0 Å². The first-order valence-electron chi connectivity index (χ1n) is 7.66. The topological polar surface area (TPSA) is 49.3 Å². The molecule has 0 radical (unpaired) electrons. The van der Waals surface area contributed by atoms with Crippen LogP contribution >= 0.6 is 11.3 Å². The van der Waals surface area contributed by atoms with E-state index in [1.165, 1.54) is 23.3 Å². The molecular weight excluding hydrogens is 270 g/mol. The third kappa shape index (κ3) is 2.51. The first-order chi connectivity index (χ1) is 9.62. The zero-order chi connectivity index (χ0) is 14.2. The average Bonchev–Trinajstić information content (AvgIpc) is 3.04. The Labute approximate surface area is 124 Å². The quantitative estimate of drug-likeness (QED) is 0.900. The van der Waals surface area contributed by atoms with Gasteiger partial charge < -0.3 is 10.4 Å². The van der Waals surface area contributed by atoms with Crippen LogP contribution in [0.4, 0.5) is 0 Å². The van der Waals surface area contributed by atoms with Crippen LogP contribution in [0.5, 0.6) is 0 Å². The third-order valence-corrected chi connectivity index (χ3v) is 6.20. The second kappa shape index (κ2) is 5.49. The normalized spacial score (nSPS) is 29.2. The van der Waals surface area contributed by atoms with Gasteiger partial charge in [-0.15, -0.1) is 11.3 Å². The number of hydrogen-bond donors (Lipinski definition) is 2. The third-order valence-electron chi connectivity index (χ3n) is 4.97. The Morgan fingerprint density at radius 3 is 3.00 bits per heavy atom. The molecule has 0 aliphatic heterocycles. The lowest BCUT2D eigenvalue weighted by molar-refractivity contribution is 0.0834. The first kappa shape index (κ1) is 14.1. The predicted molar refractivity (Wildman–Crippen MR) is 81.3 cm³/mol. The number of amides is 1. The van der Waals surface area contributed by atoms with Gasteiger partial charge in [-0.2, -0.15) is 0 Å². The van der Waals surface area contributed by atoms with Crippen LogP contribution in [0.2, 0.25) is 0 Å². The highest BCUT2D eigenvalue weighted by Gasteiger charge is 2.39. The van der Waals surface area contributed by atoms with Crippen LogP contribution in [-0.2, 0) is 12.8 Å². The molecule has 3 rings (SSSR count). The van der Waals surface area contributed by atoms with E-state index < -0.39 is 0 Å². The van der Waals surface area contributed by atoms with Gasteiger partial charge in [-0.05, 0) is 50.2 Å². The van der Waals surface area contributed by atoms with E-state index in [9.17, 15) is 9.90 Å². The van der Waals surface area contributed by atoms with Gasteiger partial charge in [0.05, 0.1) is 11.5 Å². The van der Waals surface area contributed by atoms with Crippen LogP contribution in [0.3, 0.4) is 0 Å². The molecule has 4 heteroatoms. The second-order valence-corrected chi connectivity index (χ2v) is 7.63. The minimum absolute atomic E-state index is 0.0518. The summed E-state index contributed by atoms with van der Waals surface area (Å²) in [7, 11) is 0. The molecule has 2 aliphatic carbocycles. The van der Waals surface area contributed by atoms with Gasteiger partial charge in [0.25, 0.3) is 5.91 Å². The van der Waals surface area contributed by atoms with E-state index in [0.29, 0.717) is 0 Å². The predicted octanol–water partition coefficient (Wildman–Crippen LogP) is 2.91. The van der Waals surface area contributed by atoms with Crippen molar-refractivity contribution in [1.29, 1.82) is 0 Å². The van der Waals surface area contributed by atoms with E-state index in [1.54, 1.807) is 11.3 Å². The Morgan fingerprint density at radius 1 is 1.45 bits per heavy atom. The molecule has 2 aliphatic rings. The summed E-state index contributed by atoms with van der Waals surface area (Å²) in [5, 5.41) is 12.7. The number of fused-ring (bicyclic) bond motifs is 1. The van der Waals surface area contributed by atoms with Crippen LogP contribution in [0.25, 0.3) is 0 Å². The Morgan fingerprint density at radius 2 is 2.25 bits per heavy atom. The van der Waals surface area contributed by atoms with Gasteiger partial charge in [-0.1, -0.05) is 13.3 Å². The zero-order valence-electron chi connectivity index (χ0n) is 12.1. The molecule has 0 saturated heterocycles. The number of nitrogens with one attached hydrogen (secondary N) is 1. The van der Waals surface area contributed by atoms with Crippen LogP contribution in [-0.4, -0.2) is 23.7 Å². The van der Waals surface area contributed by atoms with Crippen molar-refractivity contribution in [3.05, 3.63) is 21.4 Å². The van der Waals surface area contributed by atoms with Gasteiger partial charge in [0, 0.05) is 16.3 Å². The molecule has 1 aromatic rings. The molecule has 20 heavy (non-hydrogen) atoms. The first-order valence-corrected chi connectivity index (χ1v) is 8.47. The fourth-order valence-electron chi connectivity index (χ4n) is 3.50. The minimum atomic E-state index is -0.146. The van der Waals surface area contributed by atoms with Gasteiger partial charge in [0.1, 0.15) is 0 Å². The van der Waals surface area contributed by atoms with Crippen LogP contribution in [0.1, 0.15) is 59.1 Å². The van der Waals surface area contributed by atoms with Crippen molar-refractivity contribution in [2.24, 2.45) is 5.41 Å². The number of rotatable bonds is 3. The van der Waals surface area contributed by atoms with Crippen molar-refractivity contribution >= 4 is 17.2 Å². The summed E-state index contributed by atoms with van der Waals surface area (Å²) in [5.74, 6) is 0.0518. The highest BCUT2D eigenvalue weighted by Crippen LogP contribution is 2.38. The maximum Gasteiger partial charge on any atom is 0.261 e. The molecule has 1 aromatic heterocycles. The van der Waals surface area contributed by atoms with Crippen molar-refractivity contribution in [1.82, 2.24) is 5.32 Å². The lowest BCUT2D eigenvalue weighted by atomic mass is 9.86. The molecule has 1 saturated carbocycles. The van der Waals surface area contributed by atoms with E-state index in [4.69, 9.17) is 0 Å².